The lowest BCUT2D eigenvalue weighted by molar-refractivity contribution is -0.138. The summed E-state index contributed by atoms with van der Waals surface area (Å²) in [6, 6.07) is 3.67. The van der Waals surface area contributed by atoms with Gasteiger partial charge in [-0.05, 0) is 25.0 Å². The molecule has 1 aromatic rings. The van der Waals surface area contributed by atoms with Crippen molar-refractivity contribution >= 4 is 29.1 Å². The van der Waals surface area contributed by atoms with Crippen LogP contribution in [-0.2, 0) is 9.53 Å². The van der Waals surface area contributed by atoms with Crippen LogP contribution in [0.25, 0.3) is 0 Å². The quantitative estimate of drug-likeness (QED) is 0.868. The van der Waals surface area contributed by atoms with Crippen LogP contribution < -0.4 is 0 Å². The fraction of sp³-hybridized carbons (Fsp3) is 0.588. The zero-order chi connectivity index (χ0) is 16.8. The second-order valence-corrected chi connectivity index (χ2v) is 7.66. The summed E-state index contributed by atoms with van der Waals surface area (Å²) in [6.45, 7) is 3.39. The molecule has 24 heavy (non-hydrogen) atoms. The van der Waals surface area contributed by atoms with Gasteiger partial charge in [0.15, 0.2) is 0 Å². The molecule has 3 heterocycles. The van der Waals surface area contributed by atoms with E-state index in [0.29, 0.717) is 41.3 Å². The molecule has 0 saturated carbocycles. The average molecular weight is 371 g/mol. The first-order valence-electron chi connectivity index (χ1n) is 8.32. The number of piperazine rings is 1. The van der Waals surface area contributed by atoms with Gasteiger partial charge in [-0.3, -0.25) is 9.69 Å². The predicted octanol–water partition coefficient (Wildman–Crippen LogP) is 2.49. The maximum Gasteiger partial charge on any atom is 0.237 e. The molecule has 3 atom stereocenters. The minimum Gasteiger partial charge on any atom is -0.508 e. The minimum absolute atomic E-state index is 0.0185. The smallest absolute Gasteiger partial charge is 0.237 e. The van der Waals surface area contributed by atoms with Gasteiger partial charge in [0.2, 0.25) is 5.91 Å². The van der Waals surface area contributed by atoms with Crippen molar-refractivity contribution in [1.82, 2.24) is 9.80 Å². The topological polar surface area (TPSA) is 53.0 Å². The number of nitrogens with zero attached hydrogens (tertiary/aromatic N) is 2. The lowest BCUT2D eigenvalue weighted by Gasteiger charge is -2.39. The van der Waals surface area contributed by atoms with Gasteiger partial charge in [-0.25, -0.2) is 0 Å². The first-order valence-corrected chi connectivity index (χ1v) is 9.08. The molecule has 0 unspecified atom stereocenters. The predicted molar refractivity (Wildman–Crippen MR) is 91.8 cm³/mol. The van der Waals surface area contributed by atoms with Gasteiger partial charge >= 0.3 is 0 Å². The molecular formula is C17H20Cl2N2O3. The molecule has 3 aliphatic heterocycles. The number of phenols is 1. The SMILES string of the molecule is O=C1CN([C@@H]2CCOC2)C[C@@H]2C[C@H](c3c(O)ccc(Cl)c3Cl)CN12. The highest BCUT2D eigenvalue weighted by molar-refractivity contribution is 6.42. The standard InChI is InChI=1S/C17H20Cl2N2O3/c18-13-1-2-14(22)16(17(13)19)10-5-12-7-20(11-3-4-24-9-11)8-15(23)21(12)6-10/h1-2,10-12,22H,3-9H2/t10-,11+,12-/m0/s1. The fourth-order valence-electron chi connectivity index (χ4n) is 4.24. The zero-order valence-corrected chi connectivity index (χ0v) is 14.8. The van der Waals surface area contributed by atoms with E-state index in [0.717, 1.165) is 26.0 Å². The minimum atomic E-state index is 0.0185. The van der Waals surface area contributed by atoms with Crippen molar-refractivity contribution < 1.29 is 14.6 Å². The summed E-state index contributed by atoms with van der Waals surface area (Å²) in [5.74, 6) is 0.325. The number of carbonyl (C=O) groups is 1. The summed E-state index contributed by atoms with van der Waals surface area (Å²) in [5.41, 5.74) is 0.669. The number of amides is 1. The molecule has 130 valence electrons. The Morgan fingerprint density at radius 1 is 1.21 bits per heavy atom. The summed E-state index contributed by atoms with van der Waals surface area (Å²) in [7, 11) is 0. The van der Waals surface area contributed by atoms with Gasteiger partial charge in [-0.15, -0.1) is 0 Å². The van der Waals surface area contributed by atoms with Crippen LogP contribution in [0.5, 0.6) is 5.75 Å². The molecule has 1 amide bonds. The Morgan fingerprint density at radius 2 is 2.04 bits per heavy atom. The van der Waals surface area contributed by atoms with E-state index in [2.05, 4.69) is 4.90 Å². The van der Waals surface area contributed by atoms with Crippen molar-refractivity contribution in [2.24, 2.45) is 0 Å². The molecule has 3 aliphatic rings. The molecule has 3 fully saturated rings. The molecule has 1 N–H and O–H groups in total. The third-order valence-corrected chi connectivity index (χ3v) is 6.28. The normalized spacial score (nSPS) is 30.8. The van der Waals surface area contributed by atoms with Crippen molar-refractivity contribution in [3.63, 3.8) is 0 Å². The van der Waals surface area contributed by atoms with Crippen LogP contribution in [0.1, 0.15) is 24.3 Å². The van der Waals surface area contributed by atoms with E-state index in [1.54, 1.807) is 12.1 Å². The molecule has 7 heteroatoms. The molecule has 0 bridgehead atoms. The highest BCUT2D eigenvalue weighted by Crippen LogP contribution is 2.43. The van der Waals surface area contributed by atoms with Crippen LogP contribution in [0, 0.1) is 0 Å². The number of rotatable bonds is 2. The van der Waals surface area contributed by atoms with Gasteiger partial charge in [0.1, 0.15) is 5.75 Å². The van der Waals surface area contributed by atoms with Crippen molar-refractivity contribution in [3.05, 3.63) is 27.7 Å². The van der Waals surface area contributed by atoms with Gasteiger partial charge in [0, 0.05) is 43.3 Å². The van der Waals surface area contributed by atoms with Gasteiger partial charge < -0.3 is 14.7 Å². The second kappa shape index (κ2) is 6.37. The molecule has 4 rings (SSSR count). The van der Waals surface area contributed by atoms with E-state index in [1.807, 2.05) is 4.90 Å². The summed E-state index contributed by atoms with van der Waals surface area (Å²) >= 11 is 12.4. The second-order valence-electron chi connectivity index (χ2n) is 6.87. The Labute approximate surface area is 151 Å². The van der Waals surface area contributed by atoms with E-state index in [1.165, 1.54) is 0 Å². The van der Waals surface area contributed by atoms with Gasteiger partial charge in [0.25, 0.3) is 0 Å². The molecule has 0 radical (unpaired) electrons. The monoisotopic (exact) mass is 370 g/mol. The average Bonchev–Trinajstić information content (AvgIpc) is 3.20. The van der Waals surface area contributed by atoms with Crippen LogP contribution in [0.2, 0.25) is 10.0 Å². The summed E-state index contributed by atoms with van der Waals surface area (Å²) in [4.78, 5) is 16.8. The Bertz CT molecular complexity index is 663. The molecule has 1 aromatic carbocycles. The Kier molecular flexibility index (Phi) is 4.37. The van der Waals surface area contributed by atoms with Gasteiger partial charge in [0.05, 0.1) is 23.2 Å². The molecular weight excluding hydrogens is 351 g/mol. The van der Waals surface area contributed by atoms with Crippen LogP contribution in [0.3, 0.4) is 0 Å². The summed E-state index contributed by atoms with van der Waals surface area (Å²) < 4.78 is 5.46. The van der Waals surface area contributed by atoms with Crippen molar-refractivity contribution in [3.8, 4) is 5.75 Å². The van der Waals surface area contributed by atoms with E-state index < -0.39 is 0 Å². The number of fused-ring (bicyclic) bond motifs is 1. The molecule has 3 saturated heterocycles. The summed E-state index contributed by atoms with van der Waals surface area (Å²) in [6.07, 6.45) is 1.79. The maximum absolute atomic E-state index is 12.6. The van der Waals surface area contributed by atoms with Gasteiger partial charge in [-0.2, -0.15) is 0 Å². The van der Waals surface area contributed by atoms with Crippen molar-refractivity contribution in [1.29, 1.82) is 0 Å². The Hall–Kier alpha value is -1.01. The first kappa shape index (κ1) is 16.5. The first-order chi connectivity index (χ1) is 11.5. The number of carbonyl (C=O) groups excluding carboxylic acids is 1. The van der Waals surface area contributed by atoms with Crippen molar-refractivity contribution in [2.75, 3.05) is 32.8 Å². The maximum atomic E-state index is 12.6. The molecule has 0 spiro atoms. The van der Waals surface area contributed by atoms with Crippen LogP contribution in [0.4, 0.5) is 0 Å². The number of hydrogen-bond donors (Lipinski definition) is 1. The number of ether oxygens (including phenoxy) is 1. The Balaban J connectivity index is 1.55. The third-order valence-electron chi connectivity index (χ3n) is 5.46. The van der Waals surface area contributed by atoms with Crippen LogP contribution >= 0.6 is 23.2 Å². The van der Waals surface area contributed by atoms with E-state index in [9.17, 15) is 9.90 Å². The number of benzene rings is 1. The lowest BCUT2D eigenvalue weighted by atomic mass is 9.95. The van der Waals surface area contributed by atoms with Crippen molar-refractivity contribution in [2.45, 2.75) is 30.8 Å². The fourth-order valence-corrected chi connectivity index (χ4v) is 4.72. The van der Waals surface area contributed by atoms with Crippen LogP contribution in [0.15, 0.2) is 12.1 Å². The highest BCUT2D eigenvalue weighted by atomic mass is 35.5. The Morgan fingerprint density at radius 3 is 2.79 bits per heavy atom. The summed E-state index contributed by atoms with van der Waals surface area (Å²) in [5, 5.41) is 11.1. The number of halogens is 2. The van der Waals surface area contributed by atoms with E-state index in [-0.39, 0.29) is 23.6 Å². The van der Waals surface area contributed by atoms with E-state index >= 15 is 0 Å². The molecule has 5 nitrogen and oxygen atoms in total. The molecule has 0 aromatic heterocycles. The lowest BCUT2D eigenvalue weighted by Crippen LogP contribution is -2.56. The van der Waals surface area contributed by atoms with Gasteiger partial charge in [-0.1, -0.05) is 23.2 Å². The van der Waals surface area contributed by atoms with Crippen LogP contribution in [-0.4, -0.2) is 65.7 Å². The largest absolute Gasteiger partial charge is 0.508 e. The number of phenolic OH excluding ortho intramolecular Hbond substituents is 1. The van der Waals surface area contributed by atoms with E-state index in [4.69, 9.17) is 27.9 Å². The zero-order valence-electron chi connectivity index (χ0n) is 13.3. The third kappa shape index (κ3) is 2.77. The molecule has 0 aliphatic carbocycles. The number of hydrogen-bond acceptors (Lipinski definition) is 4. The highest BCUT2D eigenvalue weighted by Gasteiger charge is 2.43. The number of aromatic hydroxyl groups is 1.